The highest BCUT2D eigenvalue weighted by molar-refractivity contribution is 5.79. The zero-order chi connectivity index (χ0) is 17.6. The van der Waals surface area contributed by atoms with Gasteiger partial charge in [-0.3, -0.25) is 14.5 Å². The molecular weight excluding hydrogens is 314 g/mol. The standard InChI is InChI=1S/C20H31N3O2/c1-16(24)22-13-9-18(10-14-22)20(25)21-15-17-7-11-23(12-8-17)19-5-3-2-4-6-19/h3,5,7,18-19H,2,4,6,8-15H2,1H3,(H,21,25)/t19-/m0/s1. The summed E-state index contributed by atoms with van der Waals surface area (Å²) in [6.45, 7) is 5.79. The van der Waals surface area contributed by atoms with Gasteiger partial charge in [0, 0.05) is 51.6 Å². The van der Waals surface area contributed by atoms with Crippen LogP contribution in [0.3, 0.4) is 0 Å². The van der Waals surface area contributed by atoms with Crippen molar-refractivity contribution in [2.45, 2.75) is 51.5 Å². The monoisotopic (exact) mass is 345 g/mol. The number of nitrogens with zero attached hydrogens (tertiary/aromatic N) is 2. The van der Waals surface area contributed by atoms with Crippen LogP contribution in [0.5, 0.6) is 0 Å². The van der Waals surface area contributed by atoms with Crippen molar-refractivity contribution < 1.29 is 9.59 Å². The Labute approximate surface area is 151 Å². The van der Waals surface area contributed by atoms with Crippen LogP contribution in [0.2, 0.25) is 0 Å². The normalized spacial score (nSPS) is 25.6. The Morgan fingerprint density at radius 1 is 1.20 bits per heavy atom. The van der Waals surface area contributed by atoms with Crippen LogP contribution in [0.25, 0.3) is 0 Å². The fourth-order valence-corrected chi connectivity index (χ4v) is 4.09. The molecule has 1 N–H and O–H groups in total. The van der Waals surface area contributed by atoms with Crippen molar-refractivity contribution in [3.05, 3.63) is 23.8 Å². The summed E-state index contributed by atoms with van der Waals surface area (Å²) < 4.78 is 0. The van der Waals surface area contributed by atoms with Crippen LogP contribution in [0, 0.1) is 5.92 Å². The largest absolute Gasteiger partial charge is 0.352 e. The van der Waals surface area contributed by atoms with Gasteiger partial charge in [-0.05, 0) is 38.5 Å². The third-order valence-electron chi connectivity index (χ3n) is 5.83. The van der Waals surface area contributed by atoms with Gasteiger partial charge in [0.2, 0.25) is 11.8 Å². The van der Waals surface area contributed by atoms with Crippen molar-refractivity contribution in [2.75, 3.05) is 32.7 Å². The first kappa shape index (κ1) is 18.2. The van der Waals surface area contributed by atoms with Gasteiger partial charge >= 0.3 is 0 Å². The SMILES string of the molecule is CC(=O)N1CCC(C(=O)NCC2=CCN([C@H]3C=CCCC3)CC2)CC1. The fraction of sp³-hybridized carbons (Fsp3) is 0.700. The van der Waals surface area contributed by atoms with E-state index in [1.807, 2.05) is 4.90 Å². The Kier molecular flexibility index (Phi) is 6.29. The number of amides is 2. The van der Waals surface area contributed by atoms with E-state index < -0.39 is 0 Å². The molecule has 1 aliphatic carbocycles. The lowest BCUT2D eigenvalue weighted by Gasteiger charge is -2.34. The van der Waals surface area contributed by atoms with Crippen molar-refractivity contribution in [1.29, 1.82) is 0 Å². The van der Waals surface area contributed by atoms with Crippen LogP contribution >= 0.6 is 0 Å². The van der Waals surface area contributed by atoms with Gasteiger partial charge in [-0.2, -0.15) is 0 Å². The van der Waals surface area contributed by atoms with Crippen molar-refractivity contribution in [3.63, 3.8) is 0 Å². The van der Waals surface area contributed by atoms with Gasteiger partial charge in [-0.15, -0.1) is 0 Å². The number of carbonyl (C=O) groups is 2. The first-order valence-corrected chi connectivity index (χ1v) is 9.75. The molecule has 0 saturated carbocycles. The van der Waals surface area contributed by atoms with Crippen LogP contribution in [-0.4, -0.2) is 60.4 Å². The van der Waals surface area contributed by atoms with Gasteiger partial charge in [0.15, 0.2) is 0 Å². The van der Waals surface area contributed by atoms with E-state index in [0.29, 0.717) is 25.7 Å². The summed E-state index contributed by atoms with van der Waals surface area (Å²) in [6, 6.07) is 0.604. The average Bonchev–Trinajstić information content (AvgIpc) is 2.67. The molecule has 1 atom stereocenters. The first-order chi connectivity index (χ1) is 12.1. The quantitative estimate of drug-likeness (QED) is 0.794. The highest BCUT2D eigenvalue weighted by Crippen LogP contribution is 2.21. The van der Waals surface area contributed by atoms with Gasteiger partial charge in [0.1, 0.15) is 0 Å². The highest BCUT2D eigenvalue weighted by Gasteiger charge is 2.26. The molecule has 0 aromatic rings. The predicted octanol–water partition coefficient (Wildman–Crippen LogP) is 2.10. The molecule has 0 bridgehead atoms. The number of carbonyl (C=O) groups excluding carboxylic acids is 2. The van der Waals surface area contributed by atoms with Gasteiger partial charge in [0.05, 0.1) is 0 Å². The van der Waals surface area contributed by atoms with Crippen LogP contribution in [0.15, 0.2) is 23.8 Å². The second-order valence-corrected chi connectivity index (χ2v) is 7.53. The minimum absolute atomic E-state index is 0.0589. The number of hydrogen-bond donors (Lipinski definition) is 1. The number of allylic oxidation sites excluding steroid dienone is 1. The summed E-state index contributed by atoms with van der Waals surface area (Å²) in [5.41, 5.74) is 1.35. The molecule has 2 amide bonds. The molecular formula is C20H31N3O2. The van der Waals surface area contributed by atoms with Gasteiger partial charge in [-0.1, -0.05) is 23.8 Å². The summed E-state index contributed by atoms with van der Waals surface area (Å²) in [4.78, 5) is 28.1. The third-order valence-corrected chi connectivity index (χ3v) is 5.83. The van der Waals surface area contributed by atoms with Crippen molar-refractivity contribution >= 4 is 11.8 Å². The Morgan fingerprint density at radius 3 is 2.60 bits per heavy atom. The van der Waals surface area contributed by atoms with E-state index in [1.54, 1.807) is 6.92 Å². The number of hydrogen-bond acceptors (Lipinski definition) is 3. The summed E-state index contributed by atoms with van der Waals surface area (Å²) >= 11 is 0. The number of nitrogens with one attached hydrogen (secondary N) is 1. The molecule has 0 spiro atoms. The molecule has 25 heavy (non-hydrogen) atoms. The van der Waals surface area contributed by atoms with E-state index in [0.717, 1.165) is 32.4 Å². The zero-order valence-electron chi connectivity index (χ0n) is 15.4. The number of piperidine rings is 1. The van der Waals surface area contributed by atoms with E-state index in [-0.39, 0.29) is 17.7 Å². The Morgan fingerprint density at radius 2 is 2.00 bits per heavy atom. The van der Waals surface area contributed by atoms with Crippen molar-refractivity contribution in [2.24, 2.45) is 5.92 Å². The Hall–Kier alpha value is -1.62. The molecule has 0 unspecified atom stereocenters. The molecule has 5 nitrogen and oxygen atoms in total. The first-order valence-electron chi connectivity index (χ1n) is 9.75. The molecule has 5 heteroatoms. The second kappa shape index (κ2) is 8.65. The topological polar surface area (TPSA) is 52.7 Å². The van der Waals surface area contributed by atoms with Gasteiger partial charge in [-0.25, -0.2) is 0 Å². The average molecular weight is 345 g/mol. The molecule has 2 aliphatic heterocycles. The number of rotatable bonds is 4. The summed E-state index contributed by atoms with van der Waals surface area (Å²) in [7, 11) is 0. The maximum atomic E-state index is 12.4. The molecule has 2 heterocycles. The maximum Gasteiger partial charge on any atom is 0.223 e. The summed E-state index contributed by atoms with van der Waals surface area (Å²) in [5, 5.41) is 3.12. The second-order valence-electron chi connectivity index (χ2n) is 7.53. The Balaban J connectivity index is 1.39. The van der Waals surface area contributed by atoms with Gasteiger partial charge < -0.3 is 10.2 Å². The van der Waals surface area contributed by atoms with E-state index >= 15 is 0 Å². The Bertz CT molecular complexity index is 547. The van der Waals surface area contributed by atoms with E-state index in [2.05, 4.69) is 28.4 Å². The third kappa shape index (κ3) is 4.94. The molecule has 0 aromatic heterocycles. The van der Waals surface area contributed by atoms with Crippen LogP contribution in [0.1, 0.15) is 45.4 Å². The van der Waals surface area contributed by atoms with Crippen molar-refractivity contribution in [1.82, 2.24) is 15.1 Å². The lowest BCUT2D eigenvalue weighted by atomic mass is 9.95. The molecule has 1 fully saturated rings. The van der Waals surface area contributed by atoms with Gasteiger partial charge in [0.25, 0.3) is 0 Å². The summed E-state index contributed by atoms with van der Waals surface area (Å²) in [6.07, 6.45) is 13.4. The van der Waals surface area contributed by atoms with E-state index in [4.69, 9.17) is 0 Å². The number of likely N-dealkylation sites (tertiary alicyclic amines) is 1. The molecule has 3 aliphatic rings. The molecule has 0 radical (unpaired) electrons. The van der Waals surface area contributed by atoms with Crippen LogP contribution in [-0.2, 0) is 9.59 Å². The molecule has 1 saturated heterocycles. The van der Waals surface area contributed by atoms with E-state index in [9.17, 15) is 9.59 Å². The molecule has 0 aromatic carbocycles. The molecule has 138 valence electrons. The van der Waals surface area contributed by atoms with E-state index in [1.165, 1.54) is 24.8 Å². The lowest BCUT2D eigenvalue weighted by molar-refractivity contribution is -0.133. The predicted molar refractivity (Wildman–Crippen MR) is 99.0 cm³/mol. The maximum absolute atomic E-state index is 12.4. The summed E-state index contributed by atoms with van der Waals surface area (Å²) in [5.74, 6) is 0.328. The van der Waals surface area contributed by atoms with Crippen molar-refractivity contribution in [3.8, 4) is 0 Å². The lowest BCUT2D eigenvalue weighted by Crippen LogP contribution is -2.43. The van der Waals surface area contributed by atoms with Crippen LogP contribution < -0.4 is 5.32 Å². The van der Waals surface area contributed by atoms with Crippen LogP contribution in [0.4, 0.5) is 0 Å². The highest BCUT2D eigenvalue weighted by atomic mass is 16.2. The fourth-order valence-electron chi connectivity index (χ4n) is 4.09. The zero-order valence-corrected chi connectivity index (χ0v) is 15.4. The minimum atomic E-state index is 0.0589. The smallest absolute Gasteiger partial charge is 0.223 e. The minimum Gasteiger partial charge on any atom is -0.352 e. The molecule has 3 rings (SSSR count).